The molecule has 1 atom stereocenters. The van der Waals surface area contributed by atoms with Crippen molar-refractivity contribution < 1.29 is 14.3 Å². The number of hydrogen-bond acceptors (Lipinski definition) is 4. The number of rotatable bonds is 1. The Balaban J connectivity index is 1.98. The van der Waals surface area contributed by atoms with Gasteiger partial charge in [0.2, 0.25) is 5.91 Å². The maximum Gasteiger partial charge on any atom is 0.245 e. The molecule has 2 aliphatic heterocycles. The van der Waals surface area contributed by atoms with Crippen LogP contribution in [0.15, 0.2) is 0 Å². The number of nitrogens with zero attached hydrogens (tertiary/aromatic N) is 1. The highest BCUT2D eigenvalue weighted by Crippen LogP contribution is 2.18. The normalized spacial score (nSPS) is 33.4. The predicted octanol–water partition coefficient (Wildman–Crippen LogP) is -1.04. The van der Waals surface area contributed by atoms with Gasteiger partial charge in [-0.1, -0.05) is 0 Å². The van der Waals surface area contributed by atoms with Crippen molar-refractivity contribution in [2.45, 2.75) is 12.0 Å². The molecule has 2 heterocycles. The number of carbonyl (C=O) groups is 1. The van der Waals surface area contributed by atoms with E-state index in [0.29, 0.717) is 45.9 Å². The van der Waals surface area contributed by atoms with Crippen LogP contribution in [-0.2, 0) is 14.3 Å². The van der Waals surface area contributed by atoms with E-state index in [1.807, 2.05) is 0 Å². The molecule has 1 amide bonds. The minimum Gasteiger partial charge on any atom is -0.379 e. The Kier molecular flexibility index (Phi) is 2.71. The SMILES string of the molecule is NC1(C(=O)N2CCOCC2)CCOC1. The summed E-state index contributed by atoms with van der Waals surface area (Å²) in [7, 11) is 0. The summed E-state index contributed by atoms with van der Waals surface area (Å²) >= 11 is 0. The lowest BCUT2D eigenvalue weighted by Crippen LogP contribution is -2.58. The van der Waals surface area contributed by atoms with Gasteiger partial charge in [0.1, 0.15) is 5.54 Å². The fourth-order valence-electron chi connectivity index (χ4n) is 1.83. The molecule has 0 radical (unpaired) electrons. The summed E-state index contributed by atoms with van der Waals surface area (Å²) in [6.45, 7) is 3.47. The van der Waals surface area contributed by atoms with Crippen molar-refractivity contribution in [3.8, 4) is 0 Å². The first-order valence-corrected chi connectivity index (χ1v) is 4.96. The zero-order chi connectivity index (χ0) is 10.0. The largest absolute Gasteiger partial charge is 0.379 e. The molecule has 0 aromatic carbocycles. The molecular formula is C9H16N2O3. The number of carbonyl (C=O) groups excluding carboxylic acids is 1. The van der Waals surface area contributed by atoms with Crippen molar-refractivity contribution in [3.05, 3.63) is 0 Å². The van der Waals surface area contributed by atoms with Crippen molar-refractivity contribution in [2.75, 3.05) is 39.5 Å². The highest BCUT2D eigenvalue weighted by molar-refractivity contribution is 5.86. The van der Waals surface area contributed by atoms with Crippen LogP contribution in [0.2, 0.25) is 0 Å². The van der Waals surface area contributed by atoms with Crippen molar-refractivity contribution in [2.24, 2.45) is 5.73 Å². The fourth-order valence-corrected chi connectivity index (χ4v) is 1.83. The van der Waals surface area contributed by atoms with E-state index in [4.69, 9.17) is 15.2 Å². The van der Waals surface area contributed by atoms with Crippen LogP contribution in [0.1, 0.15) is 6.42 Å². The van der Waals surface area contributed by atoms with Crippen LogP contribution in [0, 0.1) is 0 Å². The first-order chi connectivity index (χ1) is 6.72. The van der Waals surface area contributed by atoms with Gasteiger partial charge in [0.05, 0.1) is 19.8 Å². The van der Waals surface area contributed by atoms with E-state index in [-0.39, 0.29) is 5.91 Å². The standard InChI is InChI=1S/C9H16N2O3/c10-9(1-4-14-7-9)8(12)11-2-5-13-6-3-11/h1-7,10H2. The van der Waals surface area contributed by atoms with Gasteiger partial charge in [0, 0.05) is 19.7 Å². The third-order valence-electron chi connectivity index (χ3n) is 2.78. The zero-order valence-electron chi connectivity index (χ0n) is 8.20. The molecule has 0 saturated carbocycles. The predicted molar refractivity (Wildman–Crippen MR) is 49.8 cm³/mol. The van der Waals surface area contributed by atoms with Gasteiger partial charge in [0.25, 0.3) is 0 Å². The molecular weight excluding hydrogens is 184 g/mol. The maximum atomic E-state index is 12.0. The molecule has 5 nitrogen and oxygen atoms in total. The molecule has 0 aliphatic carbocycles. The van der Waals surface area contributed by atoms with Crippen molar-refractivity contribution in [1.82, 2.24) is 4.90 Å². The summed E-state index contributed by atoms with van der Waals surface area (Å²) in [6.07, 6.45) is 0.628. The van der Waals surface area contributed by atoms with Crippen LogP contribution in [0.4, 0.5) is 0 Å². The molecule has 1 unspecified atom stereocenters. The number of hydrogen-bond donors (Lipinski definition) is 1. The molecule has 2 rings (SSSR count). The lowest BCUT2D eigenvalue weighted by Gasteiger charge is -2.33. The number of ether oxygens (including phenoxy) is 2. The number of nitrogens with two attached hydrogens (primary N) is 1. The van der Waals surface area contributed by atoms with E-state index in [1.54, 1.807) is 4.90 Å². The third-order valence-corrected chi connectivity index (χ3v) is 2.78. The Morgan fingerprint density at radius 1 is 1.21 bits per heavy atom. The van der Waals surface area contributed by atoms with E-state index in [1.165, 1.54) is 0 Å². The minimum absolute atomic E-state index is 0.0123. The van der Waals surface area contributed by atoms with Gasteiger partial charge in [0.15, 0.2) is 0 Å². The molecule has 14 heavy (non-hydrogen) atoms. The van der Waals surface area contributed by atoms with Crippen LogP contribution < -0.4 is 5.73 Å². The highest BCUT2D eigenvalue weighted by atomic mass is 16.5. The molecule has 0 bridgehead atoms. The molecule has 0 aromatic heterocycles. The van der Waals surface area contributed by atoms with Gasteiger partial charge in [-0.05, 0) is 6.42 Å². The Morgan fingerprint density at radius 3 is 2.50 bits per heavy atom. The highest BCUT2D eigenvalue weighted by Gasteiger charge is 2.41. The smallest absolute Gasteiger partial charge is 0.245 e. The fraction of sp³-hybridized carbons (Fsp3) is 0.889. The summed E-state index contributed by atoms with van der Waals surface area (Å²) in [4.78, 5) is 13.8. The first-order valence-electron chi connectivity index (χ1n) is 4.96. The van der Waals surface area contributed by atoms with Gasteiger partial charge in [-0.25, -0.2) is 0 Å². The number of morpholine rings is 1. The maximum absolute atomic E-state index is 12.0. The summed E-state index contributed by atoms with van der Waals surface area (Å²) in [5, 5.41) is 0. The van der Waals surface area contributed by atoms with Gasteiger partial charge >= 0.3 is 0 Å². The van der Waals surface area contributed by atoms with E-state index in [2.05, 4.69) is 0 Å². The van der Waals surface area contributed by atoms with E-state index >= 15 is 0 Å². The molecule has 80 valence electrons. The second-order valence-corrected chi connectivity index (χ2v) is 3.86. The number of amides is 1. The summed E-state index contributed by atoms with van der Waals surface area (Å²) < 4.78 is 10.3. The van der Waals surface area contributed by atoms with E-state index < -0.39 is 5.54 Å². The summed E-state index contributed by atoms with van der Waals surface area (Å²) in [6, 6.07) is 0. The van der Waals surface area contributed by atoms with Crippen molar-refractivity contribution in [1.29, 1.82) is 0 Å². The second-order valence-electron chi connectivity index (χ2n) is 3.86. The average Bonchev–Trinajstić information content (AvgIpc) is 2.67. The first kappa shape index (κ1) is 9.89. The van der Waals surface area contributed by atoms with Crippen LogP contribution in [-0.4, -0.2) is 55.9 Å². The Bertz CT molecular complexity index is 220. The van der Waals surface area contributed by atoms with Crippen molar-refractivity contribution in [3.63, 3.8) is 0 Å². The quantitative estimate of drug-likeness (QED) is 0.587. The molecule has 0 aromatic rings. The second kappa shape index (κ2) is 3.84. The van der Waals surface area contributed by atoms with Crippen LogP contribution in [0.5, 0.6) is 0 Å². The molecule has 2 N–H and O–H groups in total. The third kappa shape index (κ3) is 1.75. The lowest BCUT2D eigenvalue weighted by atomic mass is 9.98. The summed E-state index contributed by atoms with van der Waals surface area (Å²) in [5.41, 5.74) is 5.20. The van der Waals surface area contributed by atoms with Crippen LogP contribution in [0.3, 0.4) is 0 Å². The Hall–Kier alpha value is -0.650. The Morgan fingerprint density at radius 2 is 1.93 bits per heavy atom. The zero-order valence-corrected chi connectivity index (χ0v) is 8.20. The average molecular weight is 200 g/mol. The molecule has 2 fully saturated rings. The minimum atomic E-state index is -0.780. The van der Waals surface area contributed by atoms with Crippen molar-refractivity contribution >= 4 is 5.91 Å². The molecule has 0 spiro atoms. The Labute approximate surface area is 83.1 Å². The van der Waals surface area contributed by atoms with Crippen LogP contribution in [0.25, 0.3) is 0 Å². The molecule has 5 heteroatoms. The van der Waals surface area contributed by atoms with Gasteiger partial charge in [-0.2, -0.15) is 0 Å². The van der Waals surface area contributed by atoms with Gasteiger partial charge < -0.3 is 20.1 Å². The topological polar surface area (TPSA) is 64.8 Å². The van der Waals surface area contributed by atoms with E-state index in [9.17, 15) is 4.79 Å². The lowest BCUT2D eigenvalue weighted by molar-refractivity contribution is -0.141. The molecule has 2 saturated heterocycles. The van der Waals surface area contributed by atoms with E-state index in [0.717, 1.165) is 0 Å². The van der Waals surface area contributed by atoms with Crippen LogP contribution >= 0.6 is 0 Å². The monoisotopic (exact) mass is 200 g/mol. The van der Waals surface area contributed by atoms with Gasteiger partial charge in [-0.15, -0.1) is 0 Å². The summed E-state index contributed by atoms with van der Waals surface area (Å²) in [5.74, 6) is 0.0123. The van der Waals surface area contributed by atoms with Gasteiger partial charge in [-0.3, -0.25) is 4.79 Å². The molecule has 2 aliphatic rings.